The summed E-state index contributed by atoms with van der Waals surface area (Å²) in [5, 5.41) is 11.3. The van der Waals surface area contributed by atoms with Crippen molar-refractivity contribution in [2.45, 2.75) is 193 Å². The predicted molar refractivity (Wildman–Crippen MR) is 327 cm³/mol. The molecule has 0 unspecified atom stereocenters. The summed E-state index contributed by atoms with van der Waals surface area (Å²) in [6.45, 7) is 50.2. The number of allylic oxidation sites excluding steroid dienone is 1. The van der Waals surface area contributed by atoms with E-state index < -0.39 is 0 Å². The maximum atomic E-state index is 12.8. The van der Waals surface area contributed by atoms with Crippen LogP contribution in [0, 0.1) is 0 Å². The third kappa shape index (κ3) is 47.9. The minimum Gasteiger partial charge on any atom is -0.381 e. The predicted octanol–water partition coefficient (Wildman–Crippen LogP) is 16.0. The Hall–Kier alpha value is -4.44. The first kappa shape index (κ1) is 76.5. The molecule has 0 aliphatic carbocycles. The van der Waals surface area contributed by atoms with Crippen molar-refractivity contribution >= 4 is 56.6 Å². The summed E-state index contributed by atoms with van der Waals surface area (Å²) in [7, 11) is 5.49. The SMILES string of the molecule is C=NC(=C)c1ccc(CC(=C)N(CCNC(=O)Cc2ccc(/C(C)=N/N=C(/C)N=C)cc2)CCN(CCC)C(C)=P)cc1.CCC.CCC.CCCCCCC.CCCCCCOCCC.CN=C(C)C.F. The number of carbonyl (C=O) groups is 1. The average molecular weight is 1020 g/mol. The van der Waals surface area contributed by atoms with Gasteiger partial charge in [-0.2, -0.15) is 5.10 Å². The molecule has 2 rings (SSSR count). The molecule has 1 N–H and O–H groups in total. The number of halogens is 1. The van der Waals surface area contributed by atoms with E-state index in [1.807, 2.05) is 57.2 Å². The van der Waals surface area contributed by atoms with Crippen LogP contribution in [0.15, 0.2) is 92.6 Å². The molecule has 0 atom stereocenters. The summed E-state index contributed by atoms with van der Waals surface area (Å²) in [6.07, 6.45) is 18.0. The van der Waals surface area contributed by atoms with E-state index in [2.05, 4.69) is 157 Å². The van der Waals surface area contributed by atoms with Crippen molar-refractivity contribution in [1.29, 1.82) is 0 Å². The molecule has 0 heterocycles. The van der Waals surface area contributed by atoms with Crippen molar-refractivity contribution in [3.63, 3.8) is 0 Å². The highest BCUT2D eigenvalue weighted by atomic mass is 31.0. The molecule has 0 bridgehead atoms. The van der Waals surface area contributed by atoms with E-state index in [0.717, 1.165) is 90.5 Å². The Labute approximate surface area is 445 Å². The number of unbranched alkanes of at least 4 members (excludes halogenated alkanes) is 7. The summed E-state index contributed by atoms with van der Waals surface area (Å²) in [6, 6.07) is 15.9. The van der Waals surface area contributed by atoms with Gasteiger partial charge in [-0.05, 0) is 89.6 Å². The van der Waals surface area contributed by atoms with Gasteiger partial charge in [-0.15, -0.1) is 14.0 Å². The van der Waals surface area contributed by atoms with Gasteiger partial charge in [-0.3, -0.25) is 24.4 Å². The van der Waals surface area contributed by atoms with Crippen LogP contribution in [-0.4, -0.2) is 105 Å². The number of nitrogens with one attached hydrogen (secondary N) is 1. The number of ether oxygens (including phenoxy) is 1. The summed E-state index contributed by atoms with van der Waals surface area (Å²) >= 11 is 0. The van der Waals surface area contributed by atoms with Crippen LogP contribution in [0.4, 0.5) is 4.70 Å². The monoisotopic (exact) mass is 1020 g/mol. The lowest BCUT2D eigenvalue weighted by molar-refractivity contribution is -0.120. The van der Waals surface area contributed by atoms with Gasteiger partial charge in [-0.25, -0.2) is 4.99 Å². The van der Waals surface area contributed by atoms with Gasteiger partial charge in [-0.1, -0.05) is 188 Å². The summed E-state index contributed by atoms with van der Waals surface area (Å²) in [5.74, 6) is 0.483. The third-order valence-corrected chi connectivity index (χ3v) is 10.4. The Bertz CT molecular complexity index is 1720. The van der Waals surface area contributed by atoms with Gasteiger partial charge in [0.2, 0.25) is 5.91 Å². The molecule has 412 valence electrons. The first-order chi connectivity index (χ1) is 34.0. The minimum atomic E-state index is -0.0235. The Morgan fingerprint density at radius 1 is 0.597 bits per heavy atom. The largest absolute Gasteiger partial charge is 0.381 e. The van der Waals surface area contributed by atoms with Gasteiger partial charge < -0.3 is 15.0 Å². The molecular formula is C60H108FN8O2P. The lowest BCUT2D eigenvalue weighted by atomic mass is 10.1. The maximum Gasteiger partial charge on any atom is 0.224 e. The fourth-order valence-corrected chi connectivity index (χ4v) is 6.10. The summed E-state index contributed by atoms with van der Waals surface area (Å²) in [5.41, 5.74) is 8.62. The van der Waals surface area contributed by atoms with Crippen molar-refractivity contribution < 1.29 is 14.2 Å². The zero-order valence-corrected chi connectivity index (χ0v) is 49.9. The molecule has 0 spiro atoms. The number of hydrogen-bond donors (Lipinski definition) is 1. The number of aliphatic imine (C=N–C) groups is 3. The lowest BCUT2D eigenvalue weighted by Gasteiger charge is -2.30. The highest BCUT2D eigenvalue weighted by molar-refractivity contribution is 7.20. The molecule has 2 aromatic carbocycles. The van der Waals surface area contributed by atoms with E-state index in [1.54, 1.807) is 14.0 Å². The maximum absolute atomic E-state index is 12.8. The fraction of sp³-hybridized carbons (Fsp3) is 0.617. The van der Waals surface area contributed by atoms with E-state index in [9.17, 15) is 4.79 Å². The van der Waals surface area contributed by atoms with E-state index in [-0.39, 0.29) is 10.6 Å². The molecule has 0 saturated carbocycles. The second-order valence-electron chi connectivity index (χ2n) is 17.6. The molecule has 0 aromatic heterocycles. The van der Waals surface area contributed by atoms with E-state index in [0.29, 0.717) is 37.5 Å². The Balaban J connectivity index is -0.000000418. The number of nitrogens with zero attached hydrogens (tertiary/aromatic N) is 7. The van der Waals surface area contributed by atoms with Gasteiger partial charge in [0.1, 0.15) is 5.84 Å². The van der Waals surface area contributed by atoms with Crippen LogP contribution in [0.5, 0.6) is 0 Å². The number of carbonyl (C=O) groups excluding carboxylic acids is 1. The second-order valence-corrected chi connectivity index (χ2v) is 18.4. The molecule has 2 aromatic rings. The minimum absolute atomic E-state index is 0. The zero-order valence-electron chi connectivity index (χ0n) is 48.9. The van der Waals surface area contributed by atoms with Gasteiger partial charge in [0.25, 0.3) is 0 Å². The van der Waals surface area contributed by atoms with Gasteiger partial charge in [0.15, 0.2) is 0 Å². The Morgan fingerprint density at radius 2 is 1.07 bits per heavy atom. The van der Waals surface area contributed by atoms with Crippen molar-refractivity contribution in [3.05, 3.63) is 89.6 Å². The zero-order chi connectivity index (χ0) is 54.7. The number of benzene rings is 2. The van der Waals surface area contributed by atoms with Crippen LogP contribution < -0.4 is 5.32 Å². The van der Waals surface area contributed by atoms with Crippen LogP contribution in [0.2, 0.25) is 0 Å². The van der Waals surface area contributed by atoms with Crippen LogP contribution in [-0.2, 0) is 22.4 Å². The van der Waals surface area contributed by atoms with Crippen molar-refractivity contribution in [2.24, 2.45) is 25.2 Å². The lowest BCUT2D eigenvalue weighted by Crippen LogP contribution is -2.40. The Kier molecular flexibility index (Phi) is 59.3. The van der Waals surface area contributed by atoms with E-state index >= 15 is 0 Å². The van der Waals surface area contributed by atoms with Gasteiger partial charge >= 0.3 is 0 Å². The number of amides is 1. The van der Waals surface area contributed by atoms with Crippen LogP contribution in [0.3, 0.4) is 0 Å². The molecule has 0 saturated heterocycles. The average Bonchev–Trinajstić information content (AvgIpc) is 3.36. The first-order valence-corrected chi connectivity index (χ1v) is 27.4. The number of rotatable bonds is 29. The highest BCUT2D eigenvalue weighted by Crippen LogP contribution is 2.17. The number of amidine groups is 1. The molecule has 0 radical (unpaired) electrons. The highest BCUT2D eigenvalue weighted by Gasteiger charge is 2.14. The Morgan fingerprint density at radius 3 is 1.50 bits per heavy atom. The van der Waals surface area contributed by atoms with Crippen molar-refractivity contribution in [3.8, 4) is 0 Å². The van der Waals surface area contributed by atoms with Crippen molar-refractivity contribution in [1.82, 2.24) is 15.1 Å². The topological polar surface area (TPSA) is 107 Å². The quantitative estimate of drug-likeness (QED) is 0.0288. The molecular weight excluding hydrogens is 915 g/mol. The van der Waals surface area contributed by atoms with E-state index in [4.69, 9.17) is 4.74 Å². The summed E-state index contributed by atoms with van der Waals surface area (Å²) in [4.78, 5) is 28.8. The van der Waals surface area contributed by atoms with Crippen LogP contribution >= 0.6 is 8.86 Å². The van der Waals surface area contributed by atoms with Crippen LogP contribution in [0.1, 0.15) is 203 Å². The van der Waals surface area contributed by atoms with Crippen LogP contribution in [0.25, 0.3) is 5.70 Å². The van der Waals surface area contributed by atoms with Crippen molar-refractivity contribution in [2.75, 3.05) is 53.0 Å². The molecule has 0 aliphatic rings. The smallest absolute Gasteiger partial charge is 0.224 e. The normalized spacial score (nSPS) is 10.3. The second kappa shape index (κ2) is 55.9. The standard InChI is InChI=1S/C34H46N7OP.C9H20O.C7H16.C4H9N.2C3H8.FH/c1-9-19-41(29(6)43)22-21-40(25(2)23-30-10-14-32(15-11-30)26(3)35-7)20-18-37-34(42)24-31-12-16-33(17-13-31)27(4)38-39-28(5)36-8;1-3-5-6-7-9-10-8-4-2;1-3-5-7-6-4-2;1-4(2)5-3;2*1-3-2;/h10-17,43H,2-3,7-9,18-24H2,1,4-6H3,(H,37,42);3-9H2,1-2H3;3-7H2,1-2H3;1-3H3;2*3H2,1-2H3;1H/b38-27+,39-28-;;;;;;. The molecule has 0 aliphatic heterocycles. The van der Waals surface area contributed by atoms with Gasteiger partial charge in [0, 0.05) is 76.2 Å². The molecule has 0 fully saturated rings. The fourth-order valence-electron chi connectivity index (χ4n) is 5.87. The summed E-state index contributed by atoms with van der Waals surface area (Å²) < 4.78 is 5.33. The molecule has 72 heavy (non-hydrogen) atoms. The third-order valence-electron chi connectivity index (χ3n) is 10.1. The number of hydrogen-bond acceptors (Lipinski definition) is 7. The molecule has 10 nitrogen and oxygen atoms in total. The van der Waals surface area contributed by atoms with Gasteiger partial charge in [0.05, 0.1) is 17.8 Å². The van der Waals surface area contributed by atoms with E-state index in [1.165, 1.54) is 70.6 Å². The molecule has 1 amide bonds. The first-order valence-electron chi connectivity index (χ1n) is 26.9. The molecule has 12 heteroatoms.